The van der Waals surface area contributed by atoms with Gasteiger partial charge in [0.15, 0.2) is 0 Å². The largest absolute Gasteiger partial charge is 0.480 e. The van der Waals surface area contributed by atoms with E-state index in [1.807, 2.05) is 6.07 Å². The Morgan fingerprint density at radius 3 is 2.71 bits per heavy atom. The number of anilines is 1. The fourth-order valence-corrected chi connectivity index (χ4v) is 3.64. The second-order valence-corrected chi connectivity index (χ2v) is 6.77. The number of rotatable bonds is 6. The van der Waals surface area contributed by atoms with Crippen molar-refractivity contribution in [2.24, 2.45) is 5.92 Å². The third-order valence-corrected chi connectivity index (χ3v) is 5.12. The number of nitrogens with zero attached hydrogens (tertiary/aromatic N) is 1. The van der Waals surface area contributed by atoms with Crippen molar-refractivity contribution in [3.8, 4) is 0 Å². The quantitative estimate of drug-likeness (QED) is 0.840. The Morgan fingerprint density at radius 1 is 1.29 bits per heavy atom. The fraction of sp³-hybridized carbons (Fsp3) is 0.588. The van der Waals surface area contributed by atoms with Gasteiger partial charge in [0, 0.05) is 24.8 Å². The monoisotopic (exact) mass is 286 g/mol. The number of hydrogen-bond donors (Lipinski definition) is 2. The number of aliphatic carboxylic acids is 1. The molecule has 4 rings (SSSR count). The first-order chi connectivity index (χ1) is 10.2. The maximum absolute atomic E-state index is 12.1. The third-order valence-electron chi connectivity index (χ3n) is 5.12. The molecule has 4 heteroatoms. The van der Waals surface area contributed by atoms with Crippen molar-refractivity contribution >= 4 is 11.7 Å². The third kappa shape index (κ3) is 2.31. The van der Waals surface area contributed by atoms with E-state index in [-0.39, 0.29) is 0 Å². The van der Waals surface area contributed by atoms with Gasteiger partial charge < -0.3 is 10.0 Å². The van der Waals surface area contributed by atoms with Gasteiger partial charge in [0.25, 0.3) is 0 Å². The molecular formula is C17H22N2O2. The molecule has 2 saturated carbocycles. The summed E-state index contributed by atoms with van der Waals surface area (Å²) < 4.78 is 0. The van der Waals surface area contributed by atoms with Gasteiger partial charge in [-0.25, -0.2) is 0 Å². The predicted molar refractivity (Wildman–Crippen MR) is 81.6 cm³/mol. The van der Waals surface area contributed by atoms with Crippen LogP contribution >= 0.6 is 0 Å². The molecule has 0 aromatic heterocycles. The normalized spacial score (nSPS) is 23.7. The van der Waals surface area contributed by atoms with Crippen molar-refractivity contribution < 1.29 is 9.90 Å². The number of benzene rings is 1. The van der Waals surface area contributed by atoms with Gasteiger partial charge in [-0.15, -0.1) is 0 Å². The van der Waals surface area contributed by atoms with Gasteiger partial charge in [0.1, 0.15) is 5.54 Å². The van der Waals surface area contributed by atoms with Crippen molar-refractivity contribution in [2.45, 2.75) is 43.7 Å². The molecule has 1 aromatic rings. The van der Waals surface area contributed by atoms with Crippen LogP contribution in [0.4, 0.5) is 5.69 Å². The van der Waals surface area contributed by atoms with Gasteiger partial charge in [0.05, 0.1) is 0 Å². The standard InChI is InChI=1S/C17H22N2O2/c20-16(21)17(13-5-6-13,18-14-7-8-14)11-19-10-9-12-3-1-2-4-15(12)19/h1-4,13-14,18H,5-11H2,(H,20,21). The van der Waals surface area contributed by atoms with Crippen molar-refractivity contribution in [3.63, 3.8) is 0 Å². The number of fused-ring (bicyclic) bond motifs is 1. The van der Waals surface area contributed by atoms with Gasteiger partial charge in [-0.2, -0.15) is 0 Å². The van der Waals surface area contributed by atoms with Gasteiger partial charge >= 0.3 is 5.97 Å². The molecule has 0 bridgehead atoms. The molecule has 0 radical (unpaired) electrons. The predicted octanol–water partition coefficient (Wildman–Crippen LogP) is 2.03. The van der Waals surface area contributed by atoms with E-state index in [0.717, 1.165) is 38.6 Å². The number of nitrogens with one attached hydrogen (secondary N) is 1. The summed E-state index contributed by atoms with van der Waals surface area (Å²) in [5.41, 5.74) is 1.82. The van der Waals surface area contributed by atoms with Crippen LogP contribution in [-0.2, 0) is 11.2 Å². The zero-order chi connectivity index (χ0) is 14.4. The maximum atomic E-state index is 12.1. The summed E-state index contributed by atoms with van der Waals surface area (Å²) in [5, 5.41) is 13.4. The zero-order valence-electron chi connectivity index (χ0n) is 12.2. The van der Waals surface area contributed by atoms with Gasteiger partial charge in [-0.05, 0) is 49.7 Å². The van der Waals surface area contributed by atoms with Crippen LogP contribution in [-0.4, -0.2) is 35.7 Å². The summed E-state index contributed by atoms with van der Waals surface area (Å²) in [6, 6.07) is 8.81. The summed E-state index contributed by atoms with van der Waals surface area (Å²) in [5.74, 6) is -0.371. The molecule has 1 aliphatic heterocycles. The molecule has 1 atom stereocenters. The first-order valence-corrected chi connectivity index (χ1v) is 8.03. The van der Waals surface area contributed by atoms with Crippen LogP contribution in [0, 0.1) is 5.92 Å². The molecule has 1 heterocycles. The van der Waals surface area contributed by atoms with Crippen LogP contribution in [0.3, 0.4) is 0 Å². The lowest BCUT2D eigenvalue weighted by atomic mass is 9.92. The van der Waals surface area contributed by atoms with Crippen molar-refractivity contribution in [1.29, 1.82) is 0 Å². The number of carboxylic acids is 1. The van der Waals surface area contributed by atoms with E-state index in [2.05, 4.69) is 28.4 Å². The number of carboxylic acid groups (broad SMARTS) is 1. The van der Waals surface area contributed by atoms with Gasteiger partial charge in [-0.1, -0.05) is 18.2 Å². The number of hydrogen-bond acceptors (Lipinski definition) is 3. The van der Waals surface area contributed by atoms with Crippen LogP contribution in [0.2, 0.25) is 0 Å². The highest BCUT2D eigenvalue weighted by Crippen LogP contribution is 2.43. The molecule has 1 unspecified atom stereocenters. The summed E-state index contributed by atoms with van der Waals surface area (Å²) in [7, 11) is 0. The Bertz CT molecular complexity index is 566. The summed E-state index contributed by atoms with van der Waals surface area (Å²) >= 11 is 0. The molecule has 21 heavy (non-hydrogen) atoms. The summed E-state index contributed by atoms with van der Waals surface area (Å²) in [6.45, 7) is 1.54. The van der Waals surface area contributed by atoms with E-state index in [0.29, 0.717) is 18.5 Å². The van der Waals surface area contributed by atoms with Crippen LogP contribution in [0.1, 0.15) is 31.2 Å². The molecule has 0 amide bonds. The van der Waals surface area contributed by atoms with Crippen molar-refractivity contribution in [3.05, 3.63) is 29.8 Å². The fourth-order valence-electron chi connectivity index (χ4n) is 3.64. The second kappa shape index (κ2) is 4.73. The first kappa shape index (κ1) is 13.1. The molecule has 2 N–H and O–H groups in total. The summed E-state index contributed by atoms with van der Waals surface area (Å²) in [4.78, 5) is 14.4. The van der Waals surface area contributed by atoms with E-state index in [1.54, 1.807) is 0 Å². The minimum atomic E-state index is -0.751. The van der Waals surface area contributed by atoms with Crippen LogP contribution in [0.25, 0.3) is 0 Å². The lowest BCUT2D eigenvalue weighted by Gasteiger charge is -2.36. The Morgan fingerprint density at radius 2 is 2.05 bits per heavy atom. The van der Waals surface area contributed by atoms with Crippen LogP contribution in [0.15, 0.2) is 24.3 Å². The smallest absolute Gasteiger partial charge is 0.326 e. The Balaban J connectivity index is 1.61. The average Bonchev–Trinajstić information content (AvgIpc) is 3.37. The molecule has 0 spiro atoms. The highest BCUT2D eigenvalue weighted by molar-refractivity contribution is 5.81. The van der Waals surface area contributed by atoms with Crippen molar-refractivity contribution in [1.82, 2.24) is 5.32 Å². The Hall–Kier alpha value is -1.55. The lowest BCUT2D eigenvalue weighted by Crippen LogP contribution is -2.61. The topological polar surface area (TPSA) is 52.6 Å². The highest BCUT2D eigenvalue weighted by atomic mass is 16.4. The lowest BCUT2D eigenvalue weighted by molar-refractivity contribution is -0.145. The molecule has 1 aromatic carbocycles. The van der Waals surface area contributed by atoms with E-state index < -0.39 is 11.5 Å². The minimum absolute atomic E-state index is 0.295. The van der Waals surface area contributed by atoms with Crippen LogP contribution in [0.5, 0.6) is 0 Å². The molecule has 112 valence electrons. The minimum Gasteiger partial charge on any atom is -0.480 e. The maximum Gasteiger partial charge on any atom is 0.326 e. The van der Waals surface area contributed by atoms with E-state index in [1.165, 1.54) is 11.3 Å². The first-order valence-electron chi connectivity index (χ1n) is 8.03. The summed E-state index contributed by atoms with van der Waals surface area (Å²) in [6.07, 6.45) is 5.36. The van der Waals surface area contributed by atoms with E-state index in [9.17, 15) is 9.90 Å². The Kier molecular flexibility index (Phi) is 2.96. The molecule has 2 fully saturated rings. The molecule has 2 aliphatic carbocycles. The zero-order valence-corrected chi connectivity index (χ0v) is 12.2. The second-order valence-electron chi connectivity index (χ2n) is 6.77. The SMILES string of the molecule is O=C(O)C(CN1CCc2ccccc21)(NC1CC1)C1CC1. The molecule has 3 aliphatic rings. The molecular weight excluding hydrogens is 264 g/mol. The molecule has 4 nitrogen and oxygen atoms in total. The number of carbonyl (C=O) groups is 1. The van der Waals surface area contributed by atoms with Crippen molar-refractivity contribution in [2.75, 3.05) is 18.0 Å². The molecule has 0 saturated heterocycles. The Labute approximate surface area is 125 Å². The van der Waals surface area contributed by atoms with Gasteiger partial charge in [-0.3, -0.25) is 10.1 Å². The van der Waals surface area contributed by atoms with Gasteiger partial charge in [0.2, 0.25) is 0 Å². The van der Waals surface area contributed by atoms with E-state index in [4.69, 9.17) is 0 Å². The van der Waals surface area contributed by atoms with E-state index >= 15 is 0 Å². The average molecular weight is 286 g/mol. The highest BCUT2D eigenvalue weighted by Gasteiger charge is 2.54. The van der Waals surface area contributed by atoms with Crippen LogP contribution < -0.4 is 10.2 Å². The number of para-hydroxylation sites is 1.